The molecule has 2 aromatic rings. The lowest BCUT2D eigenvalue weighted by atomic mass is 10.0. The quantitative estimate of drug-likeness (QED) is 0.867. The molecule has 1 aromatic carbocycles. The van der Waals surface area contributed by atoms with Crippen LogP contribution in [0.1, 0.15) is 31.2 Å². The van der Waals surface area contributed by atoms with Gasteiger partial charge in [0.1, 0.15) is 11.5 Å². The molecule has 1 N–H and O–H groups in total. The van der Waals surface area contributed by atoms with Gasteiger partial charge < -0.3 is 14.5 Å². The van der Waals surface area contributed by atoms with Crippen molar-refractivity contribution in [3.8, 4) is 5.75 Å². The summed E-state index contributed by atoms with van der Waals surface area (Å²) in [5.41, 5.74) is 1.15. The highest BCUT2D eigenvalue weighted by atomic mass is 79.9. The molecule has 0 aliphatic rings. The Balaban J connectivity index is 2.26. The van der Waals surface area contributed by atoms with Crippen LogP contribution in [0, 0.1) is 0 Å². The van der Waals surface area contributed by atoms with Crippen LogP contribution < -0.4 is 10.1 Å². The van der Waals surface area contributed by atoms with Crippen molar-refractivity contribution < 1.29 is 9.15 Å². The summed E-state index contributed by atoms with van der Waals surface area (Å²) in [7, 11) is 0. The van der Waals surface area contributed by atoms with Crippen molar-refractivity contribution in [2.45, 2.75) is 19.9 Å². The molecule has 0 saturated heterocycles. The number of hydrogen-bond acceptors (Lipinski definition) is 3. The summed E-state index contributed by atoms with van der Waals surface area (Å²) in [6.07, 6.45) is 1.69. The van der Waals surface area contributed by atoms with Gasteiger partial charge in [-0.2, -0.15) is 0 Å². The summed E-state index contributed by atoms with van der Waals surface area (Å²) in [5, 5.41) is 3.43. The summed E-state index contributed by atoms with van der Waals surface area (Å²) in [6, 6.07) is 10.1. The highest BCUT2D eigenvalue weighted by Crippen LogP contribution is 2.30. The Morgan fingerprint density at radius 2 is 1.95 bits per heavy atom. The molecule has 1 heterocycles. The zero-order valence-corrected chi connectivity index (χ0v) is 12.7. The lowest BCUT2D eigenvalue weighted by Gasteiger charge is -2.17. The molecule has 3 nitrogen and oxygen atoms in total. The Hall–Kier alpha value is -1.26. The number of rotatable bonds is 6. The molecular formula is C15H18BrNO2. The standard InChI is InChI=1S/C15H18BrNO2/c1-3-17-14(15-13(16)9-10-19-15)11-5-7-12(8-6-11)18-4-2/h5-10,14,17H,3-4H2,1-2H3. The minimum atomic E-state index is 0.0463. The van der Waals surface area contributed by atoms with Gasteiger partial charge in [-0.05, 0) is 53.2 Å². The van der Waals surface area contributed by atoms with Crippen LogP contribution in [0.15, 0.2) is 45.5 Å². The maximum Gasteiger partial charge on any atom is 0.139 e. The fourth-order valence-electron chi connectivity index (χ4n) is 2.00. The van der Waals surface area contributed by atoms with Crippen LogP contribution in [-0.4, -0.2) is 13.2 Å². The minimum absolute atomic E-state index is 0.0463. The molecule has 0 spiro atoms. The SMILES string of the molecule is CCNC(c1ccc(OCC)cc1)c1occc1Br. The molecule has 1 unspecified atom stereocenters. The van der Waals surface area contributed by atoms with Crippen LogP contribution >= 0.6 is 15.9 Å². The first-order chi connectivity index (χ1) is 9.26. The summed E-state index contributed by atoms with van der Waals surface area (Å²) in [4.78, 5) is 0. The van der Waals surface area contributed by atoms with Crippen molar-refractivity contribution in [3.05, 3.63) is 52.4 Å². The third-order valence-electron chi connectivity index (χ3n) is 2.84. The van der Waals surface area contributed by atoms with Crippen molar-refractivity contribution in [1.29, 1.82) is 0 Å². The van der Waals surface area contributed by atoms with E-state index in [0.29, 0.717) is 6.61 Å². The predicted octanol–water partition coefficient (Wildman–Crippen LogP) is 4.14. The minimum Gasteiger partial charge on any atom is -0.494 e. The molecule has 0 amide bonds. The van der Waals surface area contributed by atoms with Gasteiger partial charge in [0.15, 0.2) is 0 Å². The Bertz CT molecular complexity index is 507. The van der Waals surface area contributed by atoms with Gasteiger partial charge in [-0.1, -0.05) is 19.1 Å². The summed E-state index contributed by atoms with van der Waals surface area (Å²) >= 11 is 3.52. The lowest BCUT2D eigenvalue weighted by molar-refractivity contribution is 0.340. The topological polar surface area (TPSA) is 34.4 Å². The summed E-state index contributed by atoms with van der Waals surface area (Å²) < 4.78 is 12.0. The maximum absolute atomic E-state index is 5.57. The van der Waals surface area contributed by atoms with E-state index >= 15 is 0 Å². The fraction of sp³-hybridized carbons (Fsp3) is 0.333. The molecular weight excluding hydrogens is 306 g/mol. The van der Waals surface area contributed by atoms with E-state index < -0.39 is 0 Å². The van der Waals surface area contributed by atoms with E-state index in [9.17, 15) is 0 Å². The van der Waals surface area contributed by atoms with Crippen LogP contribution in [0.25, 0.3) is 0 Å². The largest absolute Gasteiger partial charge is 0.494 e. The van der Waals surface area contributed by atoms with Gasteiger partial charge in [-0.3, -0.25) is 0 Å². The maximum atomic E-state index is 5.57. The normalized spacial score (nSPS) is 12.4. The molecule has 0 radical (unpaired) electrons. The smallest absolute Gasteiger partial charge is 0.139 e. The average molecular weight is 324 g/mol. The third kappa shape index (κ3) is 3.39. The number of furan rings is 1. The Morgan fingerprint density at radius 3 is 2.47 bits per heavy atom. The van der Waals surface area contributed by atoms with Crippen LogP contribution in [0.3, 0.4) is 0 Å². The van der Waals surface area contributed by atoms with Crippen molar-refractivity contribution >= 4 is 15.9 Å². The van der Waals surface area contributed by atoms with Gasteiger partial charge in [0.2, 0.25) is 0 Å². The molecule has 1 atom stereocenters. The van der Waals surface area contributed by atoms with Crippen molar-refractivity contribution in [3.63, 3.8) is 0 Å². The molecule has 0 fully saturated rings. The van der Waals surface area contributed by atoms with Gasteiger partial charge >= 0.3 is 0 Å². The molecule has 4 heteroatoms. The first-order valence-electron chi connectivity index (χ1n) is 6.45. The molecule has 0 saturated carbocycles. The monoisotopic (exact) mass is 323 g/mol. The van der Waals surface area contributed by atoms with Gasteiger partial charge in [-0.15, -0.1) is 0 Å². The second kappa shape index (κ2) is 6.78. The molecule has 1 aromatic heterocycles. The van der Waals surface area contributed by atoms with E-state index in [1.807, 2.05) is 25.1 Å². The van der Waals surface area contributed by atoms with Gasteiger partial charge in [0, 0.05) is 0 Å². The average Bonchev–Trinajstić information content (AvgIpc) is 2.84. The zero-order chi connectivity index (χ0) is 13.7. The number of benzene rings is 1. The van der Waals surface area contributed by atoms with Crippen molar-refractivity contribution in [2.24, 2.45) is 0 Å². The third-order valence-corrected chi connectivity index (χ3v) is 3.49. The van der Waals surface area contributed by atoms with E-state index in [0.717, 1.165) is 28.1 Å². The van der Waals surface area contributed by atoms with Gasteiger partial charge in [0.25, 0.3) is 0 Å². The van der Waals surface area contributed by atoms with Crippen LogP contribution in [0.2, 0.25) is 0 Å². The van der Waals surface area contributed by atoms with E-state index in [1.165, 1.54) is 0 Å². The van der Waals surface area contributed by atoms with Crippen molar-refractivity contribution in [1.82, 2.24) is 5.32 Å². The Morgan fingerprint density at radius 1 is 1.21 bits per heavy atom. The molecule has 19 heavy (non-hydrogen) atoms. The van der Waals surface area contributed by atoms with Crippen LogP contribution in [0.4, 0.5) is 0 Å². The summed E-state index contributed by atoms with van der Waals surface area (Å²) in [5.74, 6) is 1.78. The number of hydrogen-bond donors (Lipinski definition) is 1. The molecule has 102 valence electrons. The van der Waals surface area contributed by atoms with Gasteiger partial charge in [-0.25, -0.2) is 0 Å². The zero-order valence-electron chi connectivity index (χ0n) is 11.2. The van der Waals surface area contributed by atoms with Crippen LogP contribution in [0.5, 0.6) is 5.75 Å². The van der Waals surface area contributed by atoms with E-state index in [-0.39, 0.29) is 6.04 Å². The van der Waals surface area contributed by atoms with Crippen molar-refractivity contribution in [2.75, 3.05) is 13.2 Å². The first kappa shape index (κ1) is 14.2. The van der Waals surface area contributed by atoms with E-state index in [4.69, 9.17) is 9.15 Å². The molecule has 0 aliphatic carbocycles. The summed E-state index contributed by atoms with van der Waals surface area (Å²) in [6.45, 7) is 5.61. The number of nitrogens with one attached hydrogen (secondary N) is 1. The lowest BCUT2D eigenvalue weighted by Crippen LogP contribution is -2.21. The molecule has 0 aliphatic heterocycles. The number of ether oxygens (including phenoxy) is 1. The number of halogens is 1. The van der Waals surface area contributed by atoms with E-state index in [2.05, 4.69) is 40.3 Å². The highest BCUT2D eigenvalue weighted by molar-refractivity contribution is 9.10. The molecule has 2 rings (SSSR count). The second-order valence-electron chi connectivity index (χ2n) is 4.13. The predicted molar refractivity (Wildman–Crippen MR) is 79.5 cm³/mol. The molecule has 0 bridgehead atoms. The van der Waals surface area contributed by atoms with E-state index in [1.54, 1.807) is 6.26 Å². The first-order valence-corrected chi connectivity index (χ1v) is 7.24. The Labute approximate surface area is 122 Å². The van der Waals surface area contributed by atoms with Crippen LogP contribution in [-0.2, 0) is 0 Å². The second-order valence-corrected chi connectivity index (χ2v) is 4.98. The Kier molecular flexibility index (Phi) is 5.05. The highest BCUT2D eigenvalue weighted by Gasteiger charge is 2.19. The fourth-order valence-corrected chi connectivity index (χ4v) is 2.43. The van der Waals surface area contributed by atoms with Gasteiger partial charge in [0.05, 0.1) is 23.4 Å².